The van der Waals surface area contributed by atoms with Gasteiger partial charge >= 0.3 is 5.97 Å². The molecule has 0 amide bonds. The summed E-state index contributed by atoms with van der Waals surface area (Å²) in [6.45, 7) is 5.32. The molecule has 2 unspecified atom stereocenters. The van der Waals surface area contributed by atoms with Gasteiger partial charge < -0.3 is 10.1 Å². The van der Waals surface area contributed by atoms with E-state index < -0.39 is 0 Å². The van der Waals surface area contributed by atoms with E-state index in [0.717, 1.165) is 19.4 Å². The van der Waals surface area contributed by atoms with Crippen LogP contribution in [-0.4, -0.2) is 25.7 Å². The normalized spacial score (nSPS) is 28.0. The molecule has 1 heterocycles. The van der Waals surface area contributed by atoms with Gasteiger partial charge in [0.15, 0.2) is 0 Å². The van der Waals surface area contributed by atoms with Gasteiger partial charge in [0.25, 0.3) is 0 Å². The van der Waals surface area contributed by atoms with Crippen molar-refractivity contribution in [2.75, 3.05) is 13.7 Å². The maximum atomic E-state index is 11.3. The molecule has 2 atom stereocenters. The summed E-state index contributed by atoms with van der Waals surface area (Å²) in [6, 6.07) is -0.0626. The van der Waals surface area contributed by atoms with Crippen LogP contribution in [0.3, 0.4) is 0 Å². The van der Waals surface area contributed by atoms with Gasteiger partial charge in [-0.1, -0.05) is 13.8 Å². The van der Waals surface area contributed by atoms with Crippen molar-refractivity contribution in [2.45, 2.75) is 32.7 Å². The zero-order chi connectivity index (χ0) is 9.84. The third kappa shape index (κ3) is 2.69. The monoisotopic (exact) mass is 185 g/mol. The minimum absolute atomic E-state index is 0.0626. The average Bonchev–Trinajstić information content (AvgIpc) is 2.50. The van der Waals surface area contributed by atoms with Crippen molar-refractivity contribution in [2.24, 2.45) is 11.8 Å². The van der Waals surface area contributed by atoms with E-state index in [0.29, 0.717) is 11.8 Å². The van der Waals surface area contributed by atoms with E-state index in [-0.39, 0.29) is 12.0 Å². The van der Waals surface area contributed by atoms with Gasteiger partial charge in [0.2, 0.25) is 0 Å². The van der Waals surface area contributed by atoms with E-state index in [1.807, 2.05) is 0 Å². The highest BCUT2D eigenvalue weighted by Gasteiger charge is 2.33. The molecule has 1 aliphatic rings. The highest BCUT2D eigenvalue weighted by Crippen LogP contribution is 2.23. The Hall–Kier alpha value is -0.570. The second-order valence-electron chi connectivity index (χ2n) is 4.13. The van der Waals surface area contributed by atoms with Crippen LogP contribution in [0.2, 0.25) is 0 Å². The second-order valence-corrected chi connectivity index (χ2v) is 4.13. The number of rotatable bonds is 3. The number of carbonyl (C=O) groups excluding carboxylic acids is 1. The standard InChI is InChI=1S/C10H19NO2/c1-7(2)6-8-4-5-11-9(8)10(12)13-3/h7-9,11H,4-6H2,1-3H3. The first kappa shape index (κ1) is 10.5. The maximum absolute atomic E-state index is 11.3. The third-order valence-corrected chi connectivity index (χ3v) is 2.58. The average molecular weight is 185 g/mol. The SMILES string of the molecule is COC(=O)C1NCCC1CC(C)C. The molecular formula is C10H19NO2. The number of ether oxygens (including phenoxy) is 1. The van der Waals surface area contributed by atoms with Crippen LogP contribution < -0.4 is 5.32 Å². The summed E-state index contributed by atoms with van der Waals surface area (Å²) in [5.74, 6) is 1.01. The molecule has 3 nitrogen and oxygen atoms in total. The van der Waals surface area contributed by atoms with E-state index in [1.165, 1.54) is 7.11 Å². The Kier molecular flexibility index (Phi) is 3.72. The lowest BCUT2D eigenvalue weighted by molar-refractivity contribution is -0.143. The van der Waals surface area contributed by atoms with E-state index >= 15 is 0 Å². The Morgan fingerprint density at radius 3 is 2.85 bits per heavy atom. The van der Waals surface area contributed by atoms with Crippen LogP contribution in [0.4, 0.5) is 0 Å². The highest BCUT2D eigenvalue weighted by atomic mass is 16.5. The van der Waals surface area contributed by atoms with Gasteiger partial charge in [-0.25, -0.2) is 0 Å². The Morgan fingerprint density at radius 1 is 1.62 bits per heavy atom. The van der Waals surface area contributed by atoms with Gasteiger partial charge in [-0.3, -0.25) is 4.79 Å². The summed E-state index contributed by atoms with van der Waals surface area (Å²) in [4.78, 5) is 11.3. The van der Waals surface area contributed by atoms with Crippen molar-refractivity contribution >= 4 is 5.97 Å². The number of hydrogen-bond acceptors (Lipinski definition) is 3. The summed E-state index contributed by atoms with van der Waals surface area (Å²) >= 11 is 0. The molecule has 1 rings (SSSR count). The van der Waals surface area contributed by atoms with Crippen LogP contribution in [0.5, 0.6) is 0 Å². The van der Waals surface area contributed by atoms with Gasteiger partial charge in [0.05, 0.1) is 7.11 Å². The lowest BCUT2D eigenvalue weighted by atomic mass is 9.91. The van der Waals surface area contributed by atoms with Crippen LogP contribution in [0, 0.1) is 11.8 Å². The fourth-order valence-electron chi connectivity index (χ4n) is 2.02. The first-order valence-electron chi connectivity index (χ1n) is 4.96. The Morgan fingerprint density at radius 2 is 2.31 bits per heavy atom. The predicted octanol–water partition coefficient (Wildman–Crippen LogP) is 1.18. The number of methoxy groups -OCH3 is 1. The lowest BCUT2D eigenvalue weighted by Crippen LogP contribution is -2.37. The van der Waals surface area contributed by atoms with Gasteiger partial charge in [-0.15, -0.1) is 0 Å². The van der Waals surface area contributed by atoms with Crippen molar-refractivity contribution in [3.05, 3.63) is 0 Å². The zero-order valence-electron chi connectivity index (χ0n) is 8.67. The summed E-state index contributed by atoms with van der Waals surface area (Å²) in [7, 11) is 1.45. The highest BCUT2D eigenvalue weighted by molar-refractivity contribution is 5.76. The van der Waals surface area contributed by atoms with Crippen molar-refractivity contribution < 1.29 is 9.53 Å². The van der Waals surface area contributed by atoms with Gasteiger partial charge in [0, 0.05) is 0 Å². The van der Waals surface area contributed by atoms with Crippen LogP contribution in [0.1, 0.15) is 26.7 Å². The van der Waals surface area contributed by atoms with Crippen LogP contribution in [0.15, 0.2) is 0 Å². The zero-order valence-corrected chi connectivity index (χ0v) is 8.67. The molecule has 0 saturated carbocycles. The predicted molar refractivity (Wildman–Crippen MR) is 51.4 cm³/mol. The summed E-state index contributed by atoms with van der Waals surface area (Å²) in [5, 5.41) is 3.19. The van der Waals surface area contributed by atoms with Crippen molar-refractivity contribution in [3.63, 3.8) is 0 Å². The Bertz CT molecular complexity index is 180. The summed E-state index contributed by atoms with van der Waals surface area (Å²) in [5.41, 5.74) is 0. The van der Waals surface area contributed by atoms with Crippen LogP contribution >= 0.6 is 0 Å². The maximum Gasteiger partial charge on any atom is 0.323 e. The molecule has 13 heavy (non-hydrogen) atoms. The number of hydrogen-bond donors (Lipinski definition) is 1. The van der Waals surface area contributed by atoms with E-state index in [1.54, 1.807) is 0 Å². The molecule has 76 valence electrons. The smallest absolute Gasteiger partial charge is 0.323 e. The quantitative estimate of drug-likeness (QED) is 0.671. The molecule has 0 aromatic carbocycles. The van der Waals surface area contributed by atoms with Crippen molar-refractivity contribution in [1.29, 1.82) is 0 Å². The van der Waals surface area contributed by atoms with Gasteiger partial charge in [-0.2, -0.15) is 0 Å². The molecule has 1 fully saturated rings. The minimum atomic E-state index is -0.108. The first-order valence-corrected chi connectivity index (χ1v) is 4.96. The molecule has 3 heteroatoms. The molecule has 0 aliphatic carbocycles. The van der Waals surface area contributed by atoms with Gasteiger partial charge in [0.1, 0.15) is 6.04 Å². The molecule has 0 spiro atoms. The molecule has 0 aromatic heterocycles. The van der Waals surface area contributed by atoms with E-state index in [9.17, 15) is 4.79 Å². The van der Waals surface area contributed by atoms with Crippen molar-refractivity contribution in [3.8, 4) is 0 Å². The first-order chi connectivity index (χ1) is 6.15. The third-order valence-electron chi connectivity index (χ3n) is 2.58. The molecule has 0 radical (unpaired) electrons. The summed E-state index contributed by atoms with van der Waals surface area (Å²) < 4.78 is 4.74. The Labute approximate surface area is 79.8 Å². The summed E-state index contributed by atoms with van der Waals surface area (Å²) in [6.07, 6.45) is 2.20. The fourth-order valence-corrected chi connectivity index (χ4v) is 2.02. The molecule has 1 N–H and O–H groups in total. The molecule has 0 bridgehead atoms. The number of esters is 1. The van der Waals surface area contributed by atoms with E-state index in [4.69, 9.17) is 4.74 Å². The second kappa shape index (κ2) is 4.61. The number of nitrogens with one attached hydrogen (secondary N) is 1. The lowest BCUT2D eigenvalue weighted by Gasteiger charge is -2.18. The largest absolute Gasteiger partial charge is 0.468 e. The van der Waals surface area contributed by atoms with Crippen molar-refractivity contribution in [1.82, 2.24) is 5.32 Å². The van der Waals surface area contributed by atoms with Crippen LogP contribution in [-0.2, 0) is 9.53 Å². The van der Waals surface area contributed by atoms with Crippen LogP contribution in [0.25, 0.3) is 0 Å². The Balaban J connectivity index is 2.48. The molecule has 0 aromatic rings. The van der Waals surface area contributed by atoms with Gasteiger partial charge in [-0.05, 0) is 31.2 Å². The fraction of sp³-hybridized carbons (Fsp3) is 0.900. The molecule has 1 saturated heterocycles. The topological polar surface area (TPSA) is 38.3 Å². The molecule has 1 aliphatic heterocycles. The number of carbonyl (C=O) groups is 1. The van der Waals surface area contributed by atoms with E-state index in [2.05, 4.69) is 19.2 Å². The minimum Gasteiger partial charge on any atom is -0.468 e. The molecular weight excluding hydrogens is 166 g/mol.